The molecule has 0 aliphatic rings. The molecule has 8 heteroatoms. The van der Waals surface area contributed by atoms with Gasteiger partial charge in [-0.2, -0.15) is 5.10 Å². The van der Waals surface area contributed by atoms with Crippen molar-refractivity contribution in [3.63, 3.8) is 0 Å². The molecule has 0 unspecified atom stereocenters. The Balaban J connectivity index is 1.80. The summed E-state index contributed by atoms with van der Waals surface area (Å²) in [5, 5.41) is 7.87. The number of aromatic nitrogens is 2. The number of thiazole rings is 1. The van der Waals surface area contributed by atoms with Crippen molar-refractivity contribution in [2.75, 3.05) is 5.73 Å². The Bertz CT molecular complexity index is 986. The van der Waals surface area contributed by atoms with Crippen molar-refractivity contribution in [3.8, 4) is 0 Å². The molecule has 25 heavy (non-hydrogen) atoms. The number of amides is 1. The van der Waals surface area contributed by atoms with Crippen molar-refractivity contribution in [1.29, 1.82) is 0 Å². The molecule has 0 saturated heterocycles. The number of nitrogens with zero attached hydrogens (tertiary/aromatic N) is 3. The Morgan fingerprint density at radius 2 is 2.04 bits per heavy atom. The van der Waals surface area contributed by atoms with Gasteiger partial charge in [0, 0.05) is 22.2 Å². The van der Waals surface area contributed by atoms with E-state index in [-0.39, 0.29) is 12.3 Å². The minimum Gasteiger partial charge on any atom is -0.397 e. The third-order valence-corrected chi connectivity index (χ3v) is 5.85. The largest absolute Gasteiger partial charge is 0.397 e. The first-order chi connectivity index (χ1) is 11.8. The normalized spacial score (nSPS) is 11.9. The molecule has 3 heterocycles. The zero-order valence-corrected chi connectivity index (χ0v) is 16.1. The number of rotatable bonds is 4. The third-order valence-electron chi connectivity index (χ3n) is 3.68. The highest BCUT2D eigenvalue weighted by atomic mass is 32.1. The maximum absolute atomic E-state index is 12.0. The van der Waals surface area contributed by atoms with E-state index in [4.69, 9.17) is 5.73 Å². The summed E-state index contributed by atoms with van der Waals surface area (Å²) < 4.78 is 0. The molecule has 0 bridgehead atoms. The van der Waals surface area contributed by atoms with Crippen molar-refractivity contribution >= 4 is 50.2 Å². The highest BCUT2D eigenvalue weighted by molar-refractivity contribution is 7.21. The second kappa shape index (κ2) is 6.89. The van der Waals surface area contributed by atoms with Crippen LogP contribution >= 0.6 is 22.7 Å². The van der Waals surface area contributed by atoms with E-state index in [0.717, 1.165) is 37.1 Å². The smallest absolute Gasteiger partial charge is 0.246 e. The van der Waals surface area contributed by atoms with Crippen LogP contribution in [0.1, 0.15) is 33.8 Å². The lowest BCUT2D eigenvalue weighted by Crippen LogP contribution is -2.21. The number of aryl methyl sites for hydroxylation is 3. The predicted molar refractivity (Wildman–Crippen MR) is 104 cm³/mol. The van der Waals surface area contributed by atoms with Gasteiger partial charge >= 0.3 is 0 Å². The summed E-state index contributed by atoms with van der Waals surface area (Å²) in [6.07, 6.45) is 0.219. The van der Waals surface area contributed by atoms with Gasteiger partial charge in [0.25, 0.3) is 0 Å². The lowest BCUT2D eigenvalue weighted by atomic mass is 10.1. The van der Waals surface area contributed by atoms with Crippen molar-refractivity contribution in [2.24, 2.45) is 5.10 Å². The number of anilines is 1. The summed E-state index contributed by atoms with van der Waals surface area (Å²) in [4.78, 5) is 22.6. The third kappa shape index (κ3) is 3.69. The Morgan fingerprint density at radius 1 is 1.28 bits per heavy atom. The number of thiophene rings is 1. The number of fused-ring (bicyclic) bond motifs is 1. The first-order valence-electron chi connectivity index (χ1n) is 7.76. The number of carbonyl (C=O) groups is 1. The first kappa shape index (κ1) is 17.5. The van der Waals surface area contributed by atoms with Gasteiger partial charge in [-0.15, -0.1) is 22.7 Å². The summed E-state index contributed by atoms with van der Waals surface area (Å²) in [5.74, 6) is -0.196. The zero-order chi connectivity index (χ0) is 18.1. The standard InChI is InChI=1S/C17H19N5OS2/c1-8-5-9(2)20-17-14(8)15(18)16(25-17)11(4)21-22-12(23)6-13-19-10(3)7-24-13/h5,7H,6,18H2,1-4H3,(H,22,23)/b21-11-. The van der Waals surface area contributed by atoms with Gasteiger partial charge in [0.05, 0.1) is 22.7 Å². The van der Waals surface area contributed by atoms with Crippen molar-refractivity contribution in [3.05, 3.63) is 38.3 Å². The van der Waals surface area contributed by atoms with Crippen LogP contribution in [0, 0.1) is 20.8 Å². The minimum absolute atomic E-state index is 0.196. The summed E-state index contributed by atoms with van der Waals surface area (Å²) in [7, 11) is 0. The number of nitrogen functional groups attached to an aromatic ring is 1. The minimum atomic E-state index is -0.196. The number of nitrogens with one attached hydrogen (secondary N) is 1. The van der Waals surface area contributed by atoms with Crippen molar-refractivity contribution in [2.45, 2.75) is 34.1 Å². The summed E-state index contributed by atoms with van der Waals surface area (Å²) in [6, 6.07) is 2.01. The van der Waals surface area contributed by atoms with Crippen LogP contribution in [0.4, 0.5) is 5.69 Å². The average molecular weight is 374 g/mol. The molecule has 3 aromatic heterocycles. The van der Waals surface area contributed by atoms with E-state index < -0.39 is 0 Å². The van der Waals surface area contributed by atoms with Crippen LogP contribution in [0.25, 0.3) is 10.2 Å². The fourth-order valence-corrected chi connectivity index (χ4v) is 4.53. The van der Waals surface area contributed by atoms with Gasteiger partial charge in [-0.1, -0.05) is 0 Å². The van der Waals surface area contributed by atoms with Crippen LogP contribution in [-0.2, 0) is 11.2 Å². The SMILES string of the molecule is C/C(=N/NC(=O)Cc1nc(C)cs1)c1sc2nc(C)cc(C)c2c1N. The van der Waals surface area contributed by atoms with E-state index in [0.29, 0.717) is 11.4 Å². The summed E-state index contributed by atoms with van der Waals surface area (Å²) in [6.45, 7) is 7.72. The Labute approximate surface area is 153 Å². The molecule has 3 aromatic rings. The van der Waals surface area contributed by atoms with Crippen molar-refractivity contribution in [1.82, 2.24) is 15.4 Å². The lowest BCUT2D eigenvalue weighted by Gasteiger charge is -2.02. The Kier molecular flexibility index (Phi) is 4.82. The van der Waals surface area contributed by atoms with Crippen LogP contribution in [0.3, 0.4) is 0 Å². The second-order valence-electron chi connectivity index (χ2n) is 5.90. The molecule has 0 saturated carbocycles. The number of hydrogen-bond acceptors (Lipinski definition) is 7. The van der Waals surface area contributed by atoms with E-state index in [2.05, 4.69) is 20.5 Å². The topological polar surface area (TPSA) is 93.3 Å². The fraction of sp³-hybridized carbons (Fsp3) is 0.294. The molecule has 0 aromatic carbocycles. The molecule has 0 radical (unpaired) electrons. The highest BCUT2D eigenvalue weighted by Crippen LogP contribution is 2.35. The maximum Gasteiger partial charge on any atom is 0.246 e. The highest BCUT2D eigenvalue weighted by Gasteiger charge is 2.15. The quantitative estimate of drug-likeness (QED) is 0.542. The van der Waals surface area contributed by atoms with Crippen LogP contribution in [0.5, 0.6) is 0 Å². The molecular weight excluding hydrogens is 354 g/mol. The molecule has 0 atom stereocenters. The number of nitrogens with two attached hydrogens (primary N) is 1. The molecule has 3 rings (SSSR count). The van der Waals surface area contributed by atoms with Crippen LogP contribution in [-0.4, -0.2) is 21.6 Å². The van der Waals surface area contributed by atoms with Crippen LogP contribution < -0.4 is 11.2 Å². The molecule has 1 amide bonds. The van der Waals surface area contributed by atoms with E-state index >= 15 is 0 Å². The number of carbonyl (C=O) groups excluding carboxylic acids is 1. The van der Waals surface area contributed by atoms with Crippen LogP contribution in [0.15, 0.2) is 16.5 Å². The molecule has 0 fully saturated rings. The Hall–Kier alpha value is -2.32. The fourth-order valence-electron chi connectivity index (χ4n) is 2.60. The van der Waals surface area contributed by atoms with Gasteiger partial charge in [-0.25, -0.2) is 15.4 Å². The Morgan fingerprint density at radius 3 is 2.72 bits per heavy atom. The average Bonchev–Trinajstić information content (AvgIpc) is 3.08. The van der Waals surface area contributed by atoms with E-state index in [1.165, 1.54) is 22.7 Å². The second-order valence-corrected chi connectivity index (χ2v) is 7.84. The molecule has 6 nitrogen and oxygen atoms in total. The van der Waals surface area contributed by atoms with Crippen molar-refractivity contribution < 1.29 is 4.79 Å². The van der Waals surface area contributed by atoms with E-state index in [1.807, 2.05) is 39.1 Å². The van der Waals surface area contributed by atoms with E-state index in [1.54, 1.807) is 0 Å². The van der Waals surface area contributed by atoms with Gasteiger partial charge in [0.1, 0.15) is 9.84 Å². The van der Waals surface area contributed by atoms with Gasteiger partial charge in [-0.3, -0.25) is 4.79 Å². The summed E-state index contributed by atoms with van der Waals surface area (Å²) in [5.41, 5.74) is 13.2. The molecule has 3 N–H and O–H groups in total. The van der Waals surface area contributed by atoms with Crippen LogP contribution in [0.2, 0.25) is 0 Å². The molecule has 0 aliphatic heterocycles. The molecular formula is C17H19N5OS2. The predicted octanol–water partition coefficient (Wildman–Crippen LogP) is 3.34. The molecule has 130 valence electrons. The maximum atomic E-state index is 12.0. The number of hydrogen-bond donors (Lipinski definition) is 2. The number of pyridine rings is 1. The van der Waals surface area contributed by atoms with Gasteiger partial charge in [0.15, 0.2) is 0 Å². The zero-order valence-electron chi connectivity index (χ0n) is 14.5. The monoisotopic (exact) mass is 373 g/mol. The first-order valence-corrected chi connectivity index (χ1v) is 9.45. The molecule has 0 spiro atoms. The molecule has 0 aliphatic carbocycles. The summed E-state index contributed by atoms with van der Waals surface area (Å²) >= 11 is 2.96. The van der Waals surface area contributed by atoms with Gasteiger partial charge in [0.2, 0.25) is 5.91 Å². The lowest BCUT2D eigenvalue weighted by molar-refractivity contribution is -0.120. The van der Waals surface area contributed by atoms with Gasteiger partial charge in [-0.05, 0) is 39.3 Å². The van der Waals surface area contributed by atoms with E-state index in [9.17, 15) is 4.79 Å². The number of hydrazone groups is 1. The van der Waals surface area contributed by atoms with Gasteiger partial charge < -0.3 is 5.73 Å².